The topological polar surface area (TPSA) is 26.8 Å². The third-order valence-corrected chi connectivity index (χ3v) is 5.38. The highest BCUT2D eigenvalue weighted by atomic mass is 19.2. The van der Waals surface area contributed by atoms with Crippen molar-refractivity contribution in [2.75, 3.05) is 39.3 Å². The molecule has 1 aromatic carbocycles. The molecule has 0 aliphatic carbocycles. The van der Waals surface area contributed by atoms with Gasteiger partial charge < -0.3 is 4.90 Å². The van der Waals surface area contributed by atoms with Crippen LogP contribution < -0.4 is 0 Å². The molecule has 0 N–H and O–H groups in total. The highest BCUT2D eigenvalue weighted by molar-refractivity contribution is 5.82. The molecule has 0 saturated carbocycles. The molecular formula is C19H27F2N3O. The zero-order valence-electron chi connectivity index (χ0n) is 14.9. The van der Waals surface area contributed by atoms with Crippen molar-refractivity contribution in [2.24, 2.45) is 0 Å². The van der Waals surface area contributed by atoms with E-state index in [4.69, 9.17) is 0 Å². The summed E-state index contributed by atoms with van der Waals surface area (Å²) in [4.78, 5) is 19.3. The first kappa shape index (κ1) is 18.3. The number of hydrogen-bond acceptors (Lipinski definition) is 3. The van der Waals surface area contributed by atoms with Crippen molar-refractivity contribution < 1.29 is 13.6 Å². The van der Waals surface area contributed by atoms with E-state index in [1.54, 1.807) is 6.07 Å². The Morgan fingerprint density at radius 3 is 2.52 bits per heavy atom. The average molecular weight is 351 g/mol. The molecule has 6 heteroatoms. The third-order valence-electron chi connectivity index (χ3n) is 5.38. The zero-order valence-corrected chi connectivity index (χ0v) is 14.9. The first-order chi connectivity index (χ1) is 12.1. The van der Waals surface area contributed by atoms with Gasteiger partial charge in [0, 0.05) is 32.7 Å². The molecule has 138 valence electrons. The van der Waals surface area contributed by atoms with Crippen molar-refractivity contribution >= 4 is 5.91 Å². The van der Waals surface area contributed by atoms with Gasteiger partial charge in [-0.05, 0) is 43.6 Å². The second-order valence-electron chi connectivity index (χ2n) is 6.99. The molecule has 2 saturated heterocycles. The minimum absolute atomic E-state index is 0.0384. The molecule has 0 spiro atoms. The lowest BCUT2D eigenvalue weighted by molar-refractivity contribution is -0.140. The average Bonchev–Trinajstić information content (AvgIpc) is 2.65. The van der Waals surface area contributed by atoms with Crippen LogP contribution in [-0.2, 0) is 11.3 Å². The molecule has 1 aromatic rings. The first-order valence-corrected chi connectivity index (χ1v) is 9.27. The Morgan fingerprint density at radius 1 is 1.08 bits per heavy atom. The number of nitrogens with zero attached hydrogens (tertiary/aromatic N) is 3. The van der Waals surface area contributed by atoms with E-state index in [1.807, 2.05) is 4.90 Å². The number of piperazine rings is 1. The highest BCUT2D eigenvalue weighted by Crippen LogP contribution is 2.20. The van der Waals surface area contributed by atoms with E-state index >= 15 is 0 Å². The van der Waals surface area contributed by atoms with E-state index in [9.17, 15) is 13.6 Å². The minimum Gasteiger partial charge on any atom is -0.339 e. The van der Waals surface area contributed by atoms with Gasteiger partial charge in [-0.1, -0.05) is 19.4 Å². The van der Waals surface area contributed by atoms with Crippen molar-refractivity contribution in [1.82, 2.24) is 14.7 Å². The fraction of sp³-hybridized carbons (Fsp3) is 0.632. The van der Waals surface area contributed by atoms with Crippen molar-refractivity contribution in [3.63, 3.8) is 0 Å². The lowest BCUT2D eigenvalue weighted by Gasteiger charge is -2.40. The summed E-state index contributed by atoms with van der Waals surface area (Å²) in [5.41, 5.74) is 0.767. The standard InChI is InChI=1S/C19H27F2N3O/c1-2-23-8-4-3-5-18(23)19(25)24-11-9-22(10-12-24)14-15-6-7-16(20)17(21)13-15/h6-7,13,18H,2-5,8-12,14H2,1H3/t18-/m0/s1. The van der Waals surface area contributed by atoms with Crippen LogP contribution >= 0.6 is 0 Å². The van der Waals surface area contributed by atoms with Crippen molar-refractivity contribution in [1.29, 1.82) is 0 Å². The number of hydrogen-bond donors (Lipinski definition) is 0. The van der Waals surface area contributed by atoms with Crippen LogP contribution in [-0.4, -0.2) is 65.9 Å². The van der Waals surface area contributed by atoms with Gasteiger partial charge in [-0.25, -0.2) is 8.78 Å². The van der Waals surface area contributed by atoms with Crippen LogP contribution in [0.15, 0.2) is 18.2 Å². The Kier molecular flexibility index (Phi) is 6.02. The predicted molar refractivity (Wildman–Crippen MR) is 93.1 cm³/mol. The number of benzene rings is 1. The molecule has 0 unspecified atom stereocenters. The molecule has 0 radical (unpaired) electrons. The molecule has 25 heavy (non-hydrogen) atoms. The van der Waals surface area contributed by atoms with Crippen LogP contribution in [0.4, 0.5) is 8.78 Å². The van der Waals surface area contributed by atoms with Gasteiger partial charge >= 0.3 is 0 Å². The number of rotatable bonds is 4. The van der Waals surface area contributed by atoms with Gasteiger partial charge in [-0.3, -0.25) is 14.6 Å². The van der Waals surface area contributed by atoms with E-state index < -0.39 is 11.6 Å². The molecule has 2 aliphatic rings. The van der Waals surface area contributed by atoms with E-state index in [0.29, 0.717) is 19.6 Å². The van der Waals surface area contributed by atoms with Gasteiger partial charge in [0.2, 0.25) is 5.91 Å². The van der Waals surface area contributed by atoms with Gasteiger partial charge in [0.15, 0.2) is 11.6 Å². The smallest absolute Gasteiger partial charge is 0.240 e. The highest BCUT2D eigenvalue weighted by Gasteiger charge is 2.32. The summed E-state index contributed by atoms with van der Waals surface area (Å²) in [6, 6.07) is 4.09. The summed E-state index contributed by atoms with van der Waals surface area (Å²) in [6.45, 7) is 7.59. The fourth-order valence-corrected chi connectivity index (χ4v) is 3.88. The summed E-state index contributed by atoms with van der Waals surface area (Å²) < 4.78 is 26.3. The maximum absolute atomic E-state index is 13.3. The van der Waals surface area contributed by atoms with Gasteiger partial charge in [0.1, 0.15) is 0 Å². The number of piperidine rings is 1. The summed E-state index contributed by atoms with van der Waals surface area (Å²) in [7, 11) is 0. The largest absolute Gasteiger partial charge is 0.339 e. The Balaban J connectivity index is 1.52. The molecule has 0 aromatic heterocycles. The number of amides is 1. The summed E-state index contributed by atoms with van der Waals surface area (Å²) >= 11 is 0. The predicted octanol–water partition coefficient (Wildman–Crippen LogP) is 2.48. The molecule has 1 amide bonds. The van der Waals surface area contributed by atoms with Gasteiger partial charge in [-0.2, -0.15) is 0 Å². The molecular weight excluding hydrogens is 324 g/mol. The van der Waals surface area contributed by atoms with E-state index in [1.165, 1.54) is 18.6 Å². The van der Waals surface area contributed by atoms with Crippen molar-refractivity contribution in [3.05, 3.63) is 35.4 Å². The monoisotopic (exact) mass is 351 g/mol. The van der Waals surface area contributed by atoms with Crippen molar-refractivity contribution in [2.45, 2.75) is 38.8 Å². The number of likely N-dealkylation sites (tertiary alicyclic amines) is 1. The van der Waals surface area contributed by atoms with Crippen LogP contribution in [0.25, 0.3) is 0 Å². The lowest BCUT2D eigenvalue weighted by Crippen LogP contribution is -2.55. The third kappa shape index (κ3) is 4.36. The number of likely N-dealkylation sites (N-methyl/N-ethyl adjacent to an activating group) is 1. The normalized spacial score (nSPS) is 23.0. The van der Waals surface area contributed by atoms with Gasteiger partial charge in [0.25, 0.3) is 0 Å². The minimum atomic E-state index is -0.813. The molecule has 3 rings (SSSR count). The SMILES string of the molecule is CCN1CCCC[C@H]1C(=O)N1CCN(Cc2ccc(F)c(F)c2)CC1. The molecule has 1 atom stereocenters. The fourth-order valence-electron chi connectivity index (χ4n) is 3.88. The van der Waals surface area contributed by atoms with Crippen molar-refractivity contribution in [3.8, 4) is 0 Å². The zero-order chi connectivity index (χ0) is 17.8. The van der Waals surface area contributed by atoms with Gasteiger partial charge in [0.05, 0.1) is 6.04 Å². The Bertz CT molecular complexity index is 602. The Morgan fingerprint density at radius 2 is 1.84 bits per heavy atom. The summed E-state index contributed by atoms with van der Waals surface area (Å²) in [5.74, 6) is -1.36. The maximum atomic E-state index is 13.3. The molecule has 2 heterocycles. The second-order valence-corrected chi connectivity index (χ2v) is 6.99. The van der Waals surface area contributed by atoms with Crippen LogP contribution in [0.2, 0.25) is 0 Å². The Hall–Kier alpha value is -1.53. The van der Waals surface area contributed by atoms with Crippen LogP contribution in [0.1, 0.15) is 31.7 Å². The van der Waals surface area contributed by atoms with Crippen LogP contribution in [0.5, 0.6) is 0 Å². The molecule has 4 nitrogen and oxygen atoms in total. The number of halogens is 2. The molecule has 0 bridgehead atoms. The second kappa shape index (κ2) is 8.23. The van der Waals surface area contributed by atoms with E-state index in [-0.39, 0.29) is 11.9 Å². The quantitative estimate of drug-likeness (QED) is 0.834. The number of carbonyl (C=O) groups excluding carboxylic acids is 1. The first-order valence-electron chi connectivity index (χ1n) is 9.27. The van der Waals surface area contributed by atoms with Gasteiger partial charge in [-0.15, -0.1) is 0 Å². The summed E-state index contributed by atoms with van der Waals surface area (Å²) in [6.07, 6.45) is 3.27. The van der Waals surface area contributed by atoms with E-state index in [0.717, 1.165) is 44.6 Å². The van der Waals surface area contributed by atoms with Crippen LogP contribution in [0.3, 0.4) is 0 Å². The number of carbonyl (C=O) groups is 1. The van der Waals surface area contributed by atoms with E-state index in [2.05, 4.69) is 16.7 Å². The lowest BCUT2D eigenvalue weighted by atomic mass is 10.0. The molecule has 2 fully saturated rings. The molecule has 2 aliphatic heterocycles. The summed E-state index contributed by atoms with van der Waals surface area (Å²) in [5, 5.41) is 0. The Labute approximate surface area is 148 Å². The maximum Gasteiger partial charge on any atom is 0.240 e. The van der Waals surface area contributed by atoms with Crippen LogP contribution in [0, 0.1) is 11.6 Å².